The number of hydrogen-bond donors (Lipinski definition) is 1. The summed E-state index contributed by atoms with van der Waals surface area (Å²) in [4.78, 5) is 2.51. The van der Waals surface area contributed by atoms with E-state index in [1.54, 1.807) is 0 Å². The molecule has 3 heteroatoms. The van der Waals surface area contributed by atoms with E-state index in [2.05, 4.69) is 24.1 Å². The van der Waals surface area contributed by atoms with Crippen LogP contribution in [0.3, 0.4) is 0 Å². The predicted molar refractivity (Wildman–Crippen MR) is 55.0 cm³/mol. The molecule has 1 fully saturated rings. The van der Waals surface area contributed by atoms with Gasteiger partial charge in [-0.25, -0.2) is 0 Å². The molecule has 1 unspecified atom stereocenters. The van der Waals surface area contributed by atoms with Crippen molar-refractivity contribution in [1.29, 1.82) is 0 Å². The monoisotopic (exact) mass is 186 g/mol. The summed E-state index contributed by atoms with van der Waals surface area (Å²) in [6.07, 6.45) is 1.21. The number of nitrogens with one attached hydrogen (secondary N) is 1. The first-order valence-electron chi connectivity index (χ1n) is 5.41. The van der Waals surface area contributed by atoms with Crippen LogP contribution in [0.15, 0.2) is 0 Å². The Labute approximate surface area is 81.4 Å². The Hall–Kier alpha value is -0.120. The second-order valence-electron chi connectivity index (χ2n) is 3.50. The zero-order valence-electron chi connectivity index (χ0n) is 8.88. The first-order valence-corrected chi connectivity index (χ1v) is 5.41. The van der Waals surface area contributed by atoms with Crippen LogP contribution in [0, 0.1) is 0 Å². The molecule has 1 N–H and O–H groups in total. The smallest absolute Gasteiger partial charge is 0.0622 e. The number of likely N-dealkylation sites (N-methyl/N-ethyl adjacent to an activating group) is 2. The number of ether oxygens (including phenoxy) is 1. The molecule has 3 nitrogen and oxygen atoms in total. The fourth-order valence-corrected chi connectivity index (χ4v) is 1.81. The average molecular weight is 186 g/mol. The minimum absolute atomic E-state index is 0.670. The van der Waals surface area contributed by atoms with Crippen LogP contribution < -0.4 is 5.32 Å². The van der Waals surface area contributed by atoms with Gasteiger partial charge in [0.1, 0.15) is 0 Å². The molecule has 0 aromatic rings. The van der Waals surface area contributed by atoms with E-state index in [1.165, 1.54) is 6.42 Å². The first kappa shape index (κ1) is 11.0. The molecule has 0 aliphatic carbocycles. The lowest BCUT2D eigenvalue weighted by Gasteiger charge is -2.26. The molecule has 0 saturated carbocycles. The zero-order valence-corrected chi connectivity index (χ0v) is 8.88. The predicted octanol–water partition coefficient (Wildman–Crippen LogP) is 0.707. The second kappa shape index (κ2) is 6.35. The highest BCUT2D eigenvalue weighted by Gasteiger charge is 2.21. The lowest BCUT2D eigenvalue weighted by molar-refractivity contribution is 0.148. The molecule has 1 atom stereocenters. The maximum Gasteiger partial charge on any atom is 0.0622 e. The van der Waals surface area contributed by atoms with Crippen molar-refractivity contribution in [2.24, 2.45) is 0 Å². The zero-order chi connectivity index (χ0) is 9.52. The Kier molecular flexibility index (Phi) is 5.35. The minimum atomic E-state index is 0.670. The van der Waals surface area contributed by atoms with Crippen molar-refractivity contribution in [3.63, 3.8) is 0 Å². The summed E-state index contributed by atoms with van der Waals surface area (Å²) in [5, 5.41) is 3.35. The highest BCUT2D eigenvalue weighted by molar-refractivity contribution is 4.75. The van der Waals surface area contributed by atoms with Gasteiger partial charge in [-0.15, -0.1) is 0 Å². The van der Waals surface area contributed by atoms with Crippen molar-refractivity contribution in [2.45, 2.75) is 26.3 Å². The van der Waals surface area contributed by atoms with Crippen molar-refractivity contribution in [3.8, 4) is 0 Å². The van der Waals surface area contributed by atoms with E-state index in [4.69, 9.17) is 4.74 Å². The molecule has 1 heterocycles. The quantitative estimate of drug-likeness (QED) is 0.618. The maximum atomic E-state index is 5.38. The topological polar surface area (TPSA) is 24.5 Å². The minimum Gasteiger partial charge on any atom is -0.380 e. The molecule has 1 aliphatic rings. The van der Waals surface area contributed by atoms with Crippen LogP contribution in [0.2, 0.25) is 0 Å². The summed E-state index contributed by atoms with van der Waals surface area (Å²) < 4.78 is 5.38. The molecule has 0 aromatic heterocycles. The highest BCUT2D eigenvalue weighted by Crippen LogP contribution is 2.11. The SMILES string of the molecule is CCNCCN(CC)C1CCOC1. The van der Waals surface area contributed by atoms with E-state index >= 15 is 0 Å². The van der Waals surface area contributed by atoms with E-state index in [0.717, 1.165) is 39.4 Å². The molecule has 78 valence electrons. The molecular weight excluding hydrogens is 164 g/mol. The molecular formula is C10H22N2O. The van der Waals surface area contributed by atoms with Crippen LogP contribution in [0.25, 0.3) is 0 Å². The summed E-state index contributed by atoms with van der Waals surface area (Å²) in [5.74, 6) is 0. The van der Waals surface area contributed by atoms with Gasteiger partial charge in [0.25, 0.3) is 0 Å². The molecule has 0 amide bonds. The molecule has 0 aromatic carbocycles. The van der Waals surface area contributed by atoms with E-state index in [1.807, 2.05) is 0 Å². The van der Waals surface area contributed by atoms with Crippen LogP contribution in [0.4, 0.5) is 0 Å². The van der Waals surface area contributed by atoms with E-state index in [0.29, 0.717) is 6.04 Å². The van der Waals surface area contributed by atoms with Crippen LogP contribution in [-0.2, 0) is 4.74 Å². The number of nitrogens with zero attached hydrogens (tertiary/aromatic N) is 1. The van der Waals surface area contributed by atoms with E-state index in [9.17, 15) is 0 Å². The van der Waals surface area contributed by atoms with Gasteiger partial charge in [0.15, 0.2) is 0 Å². The summed E-state index contributed by atoms with van der Waals surface area (Å²) in [6.45, 7) is 10.7. The molecule has 1 aliphatic heterocycles. The first-order chi connectivity index (χ1) is 6.38. The van der Waals surface area contributed by atoms with Gasteiger partial charge in [0.05, 0.1) is 6.61 Å². The van der Waals surface area contributed by atoms with Crippen molar-refractivity contribution in [2.75, 3.05) is 39.4 Å². The number of hydrogen-bond acceptors (Lipinski definition) is 3. The lowest BCUT2D eigenvalue weighted by Crippen LogP contribution is -2.40. The Morgan fingerprint density at radius 1 is 1.46 bits per heavy atom. The van der Waals surface area contributed by atoms with Crippen LogP contribution in [0.5, 0.6) is 0 Å². The highest BCUT2D eigenvalue weighted by atomic mass is 16.5. The molecule has 1 saturated heterocycles. The van der Waals surface area contributed by atoms with Crippen LogP contribution in [-0.4, -0.2) is 50.3 Å². The molecule has 13 heavy (non-hydrogen) atoms. The molecule has 0 bridgehead atoms. The van der Waals surface area contributed by atoms with Gasteiger partial charge in [-0.2, -0.15) is 0 Å². The second-order valence-corrected chi connectivity index (χ2v) is 3.50. The van der Waals surface area contributed by atoms with Crippen molar-refractivity contribution in [1.82, 2.24) is 10.2 Å². The molecule has 0 spiro atoms. The van der Waals surface area contributed by atoms with Gasteiger partial charge in [0, 0.05) is 25.7 Å². The van der Waals surface area contributed by atoms with Crippen molar-refractivity contribution >= 4 is 0 Å². The van der Waals surface area contributed by atoms with Gasteiger partial charge >= 0.3 is 0 Å². The summed E-state index contributed by atoms with van der Waals surface area (Å²) in [5.41, 5.74) is 0. The Bertz CT molecular complexity index is 124. The largest absolute Gasteiger partial charge is 0.380 e. The van der Waals surface area contributed by atoms with Crippen LogP contribution in [0.1, 0.15) is 20.3 Å². The van der Waals surface area contributed by atoms with Crippen molar-refractivity contribution in [3.05, 3.63) is 0 Å². The van der Waals surface area contributed by atoms with Gasteiger partial charge in [0.2, 0.25) is 0 Å². The standard InChI is InChI=1S/C10H22N2O/c1-3-11-6-7-12(4-2)10-5-8-13-9-10/h10-11H,3-9H2,1-2H3. The number of rotatable bonds is 6. The van der Waals surface area contributed by atoms with Gasteiger partial charge in [-0.05, 0) is 19.5 Å². The van der Waals surface area contributed by atoms with E-state index < -0.39 is 0 Å². The third kappa shape index (κ3) is 3.63. The fourth-order valence-electron chi connectivity index (χ4n) is 1.81. The normalized spacial score (nSPS) is 22.8. The van der Waals surface area contributed by atoms with Gasteiger partial charge in [-0.3, -0.25) is 4.90 Å². The Morgan fingerprint density at radius 3 is 2.85 bits per heavy atom. The van der Waals surface area contributed by atoms with Crippen LogP contribution >= 0.6 is 0 Å². The third-order valence-corrected chi connectivity index (χ3v) is 2.65. The summed E-state index contributed by atoms with van der Waals surface area (Å²) in [6, 6.07) is 0.670. The Balaban J connectivity index is 2.16. The lowest BCUT2D eigenvalue weighted by atomic mass is 10.2. The fraction of sp³-hybridized carbons (Fsp3) is 1.00. The molecule has 0 radical (unpaired) electrons. The van der Waals surface area contributed by atoms with Crippen molar-refractivity contribution < 1.29 is 4.74 Å². The average Bonchev–Trinajstić information content (AvgIpc) is 2.65. The third-order valence-electron chi connectivity index (χ3n) is 2.65. The summed E-state index contributed by atoms with van der Waals surface area (Å²) in [7, 11) is 0. The van der Waals surface area contributed by atoms with Gasteiger partial charge in [-0.1, -0.05) is 13.8 Å². The Morgan fingerprint density at radius 2 is 2.31 bits per heavy atom. The van der Waals surface area contributed by atoms with Gasteiger partial charge < -0.3 is 10.1 Å². The summed E-state index contributed by atoms with van der Waals surface area (Å²) >= 11 is 0. The molecule has 1 rings (SSSR count). The maximum absolute atomic E-state index is 5.38. The van der Waals surface area contributed by atoms with E-state index in [-0.39, 0.29) is 0 Å².